The smallest absolute Gasteiger partial charge is 0.258 e. The van der Waals surface area contributed by atoms with Gasteiger partial charge < -0.3 is 14.8 Å². The number of aryl methyl sites for hydroxylation is 1. The molecule has 0 atom stereocenters. The predicted octanol–water partition coefficient (Wildman–Crippen LogP) is 3.23. The van der Waals surface area contributed by atoms with Gasteiger partial charge in [0.25, 0.3) is 5.91 Å². The van der Waals surface area contributed by atoms with Crippen LogP contribution in [-0.2, 0) is 4.74 Å². The third-order valence-corrected chi connectivity index (χ3v) is 3.00. The summed E-state index contributed by atoms with van der Waals surface area (Å²) in [7, 11) is 0. The molecule has 0 saturated heterocycles. The van der Waals surface area contributed by atoms with E-state index >= 15 is 0 Å². The fourth-order valence-corrected chi connectivity index (χ4v) is 1.90. The molecule has 0 aliphatic heterocycles. The van der Waals surface area contributed by atoms with Crippen LogP contribution in [0.3, 0.4) is 0 Å². The topological polar surface area (TPSA) is 73.3 Å². The van der Waals surface area contributed by atoms with E-state index in [-0.39, 0.29) is 11.5 Å². The van der Waals surface area contributed by atoms with Crippen molar-refractivity contribution >= 4 is 11.7 Å². The Kier molecular flexibility index (Phi) is 5.87. The number of aromatic nitrogens is 2. The second-order valence-electron chi connectivity index (χ2n) is 6.31. The van der Waals surface area contributed by atoms with Crippen molar-refractivity contribution in [3.05, 3.63) is 47.8 Å². The van der Waals surface area contributed by atoms with E-state index < -0.39 is 0 Å². The third kappa shape index (κ3) is 5.96. The van der Waals surface area contributed by atoms with Gasteiger partial charge in [-0.15, -0.1) is 0 Å². The van der Waals surface area contributed by atoms with Gasteiger partial charge >= 0.3 is 0 Å². The quantitative estimate of drug-likeness (QED) is 0.824. The molecule has 0 fully saturated rings. The van der Waals surface area contributed by atoms with Crippen molar-refractivity contribution in [2.45, 2.75) is 33.3 Å². The molecule has 2 aromatic heterocycles. The molecule has 128 valence electrons. The highest BCUT2D eigenvalue weighted by atomic mass is 16.5. The Morgan fingerprint density at radius 3 is 2.58 bits per heavy atom. The summed E-state index contributed by atoms with van der Waals surface area (Å²) in [6.45, 7) is 8.72. The number of carbonyl (C=O) groups excluding carboxylic acids is 1. The molecule has 0 radical (unpaired) electrons. The van der Waals surface area contributed by atoms with Gasteiger partial charge in [0, 0.05) is 18.0 Å². The number of hydrogen-bond donors (Lipinski definition) is 1. The zero-order valence-corrected chi connectivity index (χ0v) is 14.5. The Balaban J connectivity index is 1.86. The molecule has 0 bridgehead atoms. The van der Waals surface area contributed by atoms with Crippen LogP contribution in [0.15, 0.2) is 36.5 Å². The summed E-state index contributed by atoms with van der Waals surface area (Å²) in [6, 6.07) is 8.78. The van der Waals surface area contributed by atoms with Crippen molar-refractivity contribution in [3.63, 3.8) is 0 Å². The summed E-state index contributed by atoms with van der Waals surface area (Å²) in [6.07, 6.45) is 1.48. The van der Waals surface area contributed by atoms with Gasteiger partial charge in [0.05, 0.1) is 17.8 Å². The molecule has 2 heterocycles. The Morgan fingerprint density at radius 2 is 1.96 bits per heavy atom. The van der Waals surface area contributed by atoms with E-state index in [4.69, 9.17) is 9.47 Å². The summed E-state index contributed by atoms with van der Waals surface area (Å²) in [5.74, 6) is 0.709. The van der Waals surface area contributed by atoms with Gasteiger partial charge in [0.15, 0.2) is 0 Å². The number of rotatable bonds is 6. The van der Waals surface area contributed by atoms with Crippen LogP contribution in [0.5, 0.6) is 5.88 Å². The summed E-state index contributed by atoms with van der Waals surface area (Å²) >= 11 is 0. The number of ether oxygens (including phenoxy) is 2. The normalized spacial score (nSPS) is 11.2. The van der Waals surface area contributed by atoms with E-state index in [1.807, 2.05) is 39.8 Å². The highest BCUT2D eigenvalue weighted by Crippen LogP contribution is 2.11. The molecule has 2 rings (SSSR count). The molecule has 0 unspecified atom stereocenters. The zero-order valence-electron chi connectivity index (χ0n) is 14.5. The molecule has 1 N–H and O–H groups in total. The van der Waals surface area contributed by atoms with Gasteiger partial charge in [0.1, 0.15) is 12.4 Å². The maximum Gasteiger partial charge on any atom is 0.258 e. The van der Waals surface area contributed by atoms with Crippen LogP contribution >= 0.6 is 0 Å². The third-order valence-electron chi connectivity index (χ3n) is 3.00. The Labute approximate surface area is 142 Å². The Morgan fingerprint density at radius 1 is 1.17 bits per heavy atom. The van der Waals surface area contributed by atoms with Gasteiger partial charge in [-0.25, -0.2) is 9.97 Å². The molecule has 6 heteroatoms. The van der Waals surface area contributed by atoms with Crippen LogP contribution in [0, 0.1) is 6.92 Å². The van der Waals surface area contributed by atoms with Gasteiger partial charge in [-0.1, -0.05) is 6.07 Å². The van der Waals surface area contributed by atoms with Crippen molar-refractivity contribution in [1.29, 1.82) is 0 Å². The monoisotopic (exact) mass is 329 g/mol. The van der Waals surface area contributed by atoms with E-state index in [2.05, 4.69) is 15.3 Å². The lowest BCUT2D eigenvalue weighted by Gasteiger charge is -2.19. The van der Waals surface area contributed by atoms with Crippen molar-refractivity contribution < 1.29 is 14.3 Å². The number of nitrogens with zero attached hydrogens (tertiary/aromatic N) is 2. The first-order chi connectivity index (χ1) is 11.3. The molecule has 0 aliphatic carbocycles. The number of carbonyl (C=O) groups is 1. The minimum absolute atomic E-state index is 0.192. The average Bonchev–Trinajstić information content (AvgIpc) is 2.51. The average molecular weight is 329 g/mol. The zero-order chi connectivity index (χ0) is 17.6. The molecule has 0 spiro atoms. The second-order valence-corrected chi connectivity index (χ2v) is 6.31. The lowest BCUT2D eigenvalue weighted by molar-refractivity contribution is -0.0168. The number of amides is 1. The van der Waals surface area contributed by atoms with Crippen molar-refractivity contribution in [3.8, 4) is 5.88 Å². The summed E-state index contributed by atoms with van der Waals surface area (Å²) in [5.41, 5.74) is 1.09. The van der Waals surface area contributed by atoms with Gasteiger partial charge in [0.2, 0.25) is 5.88 Å². The maximum absolute atomic E-state index is 12.2. The lowest BCUT2D eigenvalue weighted by atomic mass is 10.2. The second kappa shape index (κ2) is 7.88. The van der Waals surface area contributed by atoms with Crippen LogP contribution in [-0.4, -0.2) is 34.7 Å². The van der Waals surface area contributed by atoms with Crippen molar-refractivity contribution in [2.75, 3.05) is 18.5 Å². The highest BCUT2D eigenvalue weighted by Gasteiger charge is 2.10. The van der Waals surface area contributed by atoms with Gasteiger partial charge in [-0.2, -0.15) is 0 Å². The van der Waals surface area contributed by atoms with E-state index in [1.165, 1.54) is 6.20 Å². The van der Waals surface area contributed by atoms with Crippen molar-refractivity contribution in [2.24, 2.45) is 0 Å². The van der Waals surface area contributed by atoms with E-state index in [1.54, 1.807) is 18.2 Å². The number of hydrogen-bond acceptors (Lipinski definition) is 5. The molecular formula is C18H23N3O3. The molecule has 1 amide bonds. The van der Waals surface area contributed by atoms with Gasteiger partial charge in [-0.3, -0.25) is 4.79 Å². The lowest BCUT2D eigenvalue weighted by Crippen LogP contribution is -2.22. The van der Waals surface area contributed by atoms with Crippen LogP contribution in [0.2, 0.25) is 0 Å². The van der Waals surface area contributed by atoms with Crippen LogP contribution in [0.4, 0.5) is 5.82 Å². The number of nitrogens with one attached hydrogen (secondary N) is 1. The first-order valence-electron chi connectivity index (χ1n) is 7.81. The van der Waals surface area contributed by atoms with E-state index in [0.29, 0.717) is 30.5 Å². The molecule has 0 aliphatic rings. The van der Waals surface area contributed by atoms with Gasteiger partial charge in [-0.05, 0) is 45.9 Å². The van der Waals surface area contributed by atoms with Crippen LogP contribution in [0.1, 0.15) is 36.8 Å². The summed E-state index contributed by atoms with van der Waals surface area (Å²) < 4.78 is 11.1. The van der Waals surface area contributed by atoms with Crippen molar-refractivity contribution in [1.82, 2.24) is 9.97 Å². The number of pyridine rings is 2. The molecule has 0 saturated carbocycles. The maximum atomic E-state index is 12.2. The standard InChI is InChI=1S/C18H23N3O3/c1-13-6-5-7-15(20-13)21-17(22)14-8-9-16(19-12-14)23-10-11-24-18(2,3)4/h5-9,12H,10-11H2,1-4H3,(H,20,21,22). The fourth-order valence-electron chi connectivity index (χ4n) is 1.90. The van der Waals surface area contributed by atoms with E-state index in [0.717, 1.165) is 5.69 Å². The minimum atomic E-state index is -0.261. The first-order valence-corrected chi connectivity index (χ1v) is 7.81. The Hall–Kier alpha value is -2.47. The van der Waals surface area contributed by atoms with E-state index in [9.17, 15) is 4.79 Å². The highest BCUT2D eigenvalue weighted by molar-refractivity contribution is 6.03. The van der Waals surface area contributed by atoms with Crippen LogP contribution in [0.25, 0.3) is 0 Å². The predicted molar refractivity (Wildman–Crippen MR) is 92.4 cm³/mol. The Bertz CT molecular complexity index is 679. The SMILES string of the molecule is Cc1cccc(NC(=O)c2ccc(OCCOC(C)(C)C)nc2)n1. The molecule has 0 aromatic carbocycles. The fraction of sp³-hybridized carbons (Fsp3) is 0.389. The summed E-state index contributed by atoms with van der Waals surface area (Å²) in [4.78, 5) is 20.5. The largest absolute Gasteiger partial charge is 0.475 e. The molecule has 24 heavy (non-hydrogen) atoms. The number of anilines is 1. The first kappa shape index (κ1) is 17.9. The van der Waals surface area contributed by atoms with Crippen LogP contribution < -0.4 is 10.1 Å². The molecule has 2 aromatic rings. The molecule has 6 nitrogen and oxygen atoms in total. The molecular weight excluding hydrogens is 306 g/mol. The minimum Gasteiger partial charge on any atom is -0.475 e. The summed E-state index contributed by atoms with van der Waals surface area (Å²) in [5, 5.41) is 2.74.